The fraction of sp³-hybridized carbons (Fsp3) is 0.667. The predicted octanol–water partition coefficient (Wildman–Crippen LogP) is 4.49. The van der Waals surface area contributed by atoms with Crippen molar-refractivity contribution in [3.8, 4) is 5.75 Å². The summed E-state index contributed by atoms with van der Waals surface area (Å²) in [7, 11) is 0. The summed E-state index contributed by atoms with van der Waals surface area (Å²) >= 11 is 0. The van der Waals surface area contributed by atoms with Gasteiger partial charge in [0.2, 0.25) is 0 Å². The molecule has 1 aliphatic carbocycles. The first-order chi connectivity index (χ1) is 9.85. The summed E-state index contributed by atoms with van der Waals surface area (Å²) < 4.78 is 5.76. The molecular weight excluding hydrogens is 246 g/mol. The van der Waals surface area contributed by atoms with Crippen LogP contribution in [0.4, 0.5) is 0 Å². The van der Waals surface area contributed by atoms with Crippen LogP contribution in [0.1, 0.15) is 63.4 Å². The van der Waals surface area contributed by atoms with Gasteiger partial charge in [0.1, 0.15) is 5.75 Å². The number of hydrogen-bond donors (Lipinski definition) is 1. The highest BCUT2D eigenvalue weighted by Crippen LogP contribution is 2.35. The number of nitrogens with two attached hydrogens (primary N) is 1. The standard InChI is InChI=1S/C18H29NO/c1-2-12-20-17-11-7-10-16(13-17)18(14-19)15-8-5-3-4-6-9-15/h7,10-11,13,15,18H,2-6,8-9,12,14,19H2,1H3. The van der Waals surface area contributed by atoms with Gasteiger partial charge in [0, 0.05) is 0 Å². The maximum absolute atomic E-state index is 6.10. The lowest BCUT2D eigenvalue weighted by atomic mass is 9.81. The minimum absolute atomic E-state index is 0.498. The van der Waals surface area contributed by atoms with Crippen LogP contribution in [0, 0.1) is 5.92 Å². The van der Waals surface area contributed by atoms with Gasteiger partial charge >= 0.3 is 0 Å². The van der Waals surface area contributed by atoms with Crippen LogP contribution in [0.25, 0.3) is 0 Å². The molecule has 2 N–H and O–H groups in total. The zero-order chi connectivity index (χ0) is 14.2. The molecule has 20 heavy (non-hydrogen) atoms. The molecule has 1 aromatic rings. The Hall–Kier alpha value is -1.02. The van der Waals surface area contributed by atoms with Crippen molar-refractivity contribution in [2.45, 2.75) is 57.8 Å². The molecule has 0 amide bonds. The first-order valence-electron chi connectivity index (χ1n) is 8.28. The van der Waals surface area contributed by atoms with Gasteiger partial charge in [-0.05, 0) is 55.3 Å². The third-order valence-corrected chi connectivity index (χ3v) is 4.48. The van der Waals surface area contributed by atoms with Gasteiger partial charge in [-0.1, -0.05) is 44.7 Å². The van der Waals surface area contributed by atoms with Crippen LogP contribution in [0.5, 0.6) is 5.75 Å². The number of rotatable bonds is 6. The molecule has 2 nitrogen and oxygen atoms in total. The maximum atomic E-state index is 6.10. The van der Waals surface area contributed by atoms with Gasteiger partial charge in [-0.3, -0.25) is 0 Å². The molecule has 2 rings (SSSR count). The van der Waals surface area contributed by atoms with Gasteiger partial charge in [-0.25, -0.2) is 0 Å². The van der Waals surface area contributed by atoms with E-state index in [9.17, 15) is 0 Å². The van der Waals surface area contributed by atoms with E-state index in [4.69, 9.17) is 10.5 Å². The molecule has 112 valence electrons. The minimum Gasteiger partial charge on any atom is -0.494 e. The van der Waals surface area contributed by atoms with Gasteiger partial charge < -0.3 is 10.5 Å². The smallest absolute Gasteiger partial charge is 0.119 e. The molecule has 1 saturated carbocycles. The zero-order valence-corrected chi connectivity index (χ0v) is 12.8. The van der Waals surface area contributed by atoms with Crippen molar-refractivity contribution >= 4 is 0 Å². The lowest BCUT2D eigenvalue weighted by molar-refractivity contribution is 0.315. The lowest BCUT2D eigenvalue weighted by Gasteiger charge is -2.25. The second-order valence-electron chi connectivity index (χ2n) is 6.01. The summed E-state index contributed by atoms with van der Waals surface area (Å²) in [5.74, 6) is 2.25. The Kier molecular flexibility index (Phi) is 6.38. The van der Waals surface area contributed by atoms with Gasteiger partial charge in [0.15, 0.2) is 0 Å². The molecule has 1 aliphatic rings. The van der Waals surface area contributed by atoms with E-state index in [-0.39, 0.29) is 0 Å². The number of hydrogen-bond acceptors (Lipinski definition) is 2. The van der Waals surface area contributed by atoms with Crippen molar-refractivity contribution in [1.82, 2.24) is 0 Å². The van der Waals surface area contributed by atoms with E-state index in [0.717, 1.165) is 31.2 Å². The highest BCUT2D eigenvalue weighted by atomic mass is 16.5. The first-order valence-corrected chi connectivity index (χ1v) is 8.28. The third kappa shape index (κ3) is 4.24. The van der Waals surface area contributed by atoms with Crippen molar-refractivity contribution in [3.05, 3.63) is 29.8 Å². The molecule has 1 atom stereocenters. The second kappa shape index (κ2) is 8.31. The van der Waals surface area contributed by atoms with E-state index in [1.165, 1.54) is 44.1 Å². The SMILES string of the molecule is CCCOc1cccc(C(CN)C2CCCCCC2)c1. The van der Waals surface area contributed by atoms with Crippen LogP contribution < -0.4 is 10.5 Å². The minimum atomic E-state index is 0.498. The van der Waals surface area contributed by atoms with Crippen molar-refractivity contribution in [1.29, 1.82) is 0 Å². The van der Waals surface area contributed by atoms with E-state index in [2.05, 4.69) is 31.2 Å². The van der Waals surface area contributed by atoms with Crippen LogP contribution in [0.3, 0.4) is 0 Å². The summed E-state index contributed by atoms with van der Waals surface area (Å²) in [4.78, 5) is 0. The summed E-state index contributed by atoms with van der Waals surface area (Å²) in [5.41, 5.74) is 7.46. The average Bonchev–Trinajstić information content (AvgIpc) is 2.76. The molecule has 0 aliphatic heterocycles. The molecule has 1 fully saturated rings. The van der Waals surface area contributed by atoms with Crippen molar-refractivity contribution in [2.75, 3.05) is 13.2 Å². The molecule has 2 heteroatoms. The summed E-state index contributed by atoms with van der Waals surface area (Å²) in [6.45, 7) is 3.68. The van der Waals surface area contributed by atoms with Crippen molar-refractivity contribution < 1.29 is 4.74 Å². The Bertz CT molecular complexity index is 383. The molecular formula is C18H29NO. The predicted molar refractivity (Wildman–Crippen MR) is 85.2 cm³/mol. The Balaban J connectivity index is 2.09. The number of ether oxygens (including phenoxy) is 1. The Morgan fingerprint density at radius 2 is 1.95 bits per heavy atom. The third-order valence-electron chi connectivity index (χ3n) is 4.48. The summed E-state index contributed by atoms with van der Waals surface area (Å²) in [6, 6.07) is 8.60. The average molecular weight is 275 g/mol. The van der Waals surface area contributed by atoms with E-state index in [0.29, 0.717) is 5.92 Å². The largest absolute Gasteiger partial charge is 0.494 e. The topological polar surface area (TPSA) is 35.2 Å². The molecule has 0 radical (unpaired) electrons. The quantitative estimate of drug-likeness (QED) is 0.776. The first kappa shape index (κ1) is 15.4. The van der Waals surface area contributed by atoms with Gasteiger partial charge in [-0.2, -0.15) is 0 Å². The molecule has 0 spiro atoms. The van der Waals surface area contributed by atoms with Crippen LogP contribution >= 0.6 is 0 Å². The van der Waals surface area contributed by atoms with E-state index in [1.54, 1.807) is 0 Å². The summed E-state index contributed by atoms with van der Waals surface area (Å²) in [6.07, 6.45) is 9.25. The molecule has 0 aromatic heterocycles. The molecule has 0 heterocycles. The second-order valence-corrected chi connectivity index (χ2v) is 6.01. The Morgan fingerprint density at radius 1 is 1.20 bits per heavy atom. The molecule has 1 unspecified atom stereocenters. The highest BCUT2D eigenvalue weighted by Gasteiger charge is 2.23. The fourth-order valence-corrected chi connectivity index (χ4v) is 3.37. The Labute approximate surface area is 123 Å². The van der Waals surface area contributed by atoms with Crippen LogP contribution in [0.15, 0.2) is 24.3 Å². The monoisotopic (exact) mass is 275 g/mol. The van der Waals surface area contributed by atoms with Crippen LogP contribution in [-0.2, 0) is 0 Å². The molecule has 0 saturated heterocycles. The van der Waals surface area contributed by atoms with E-state index >= 15 is 0 Å². The molecule has 1 aromatic carbocycles. The zero-order valence-electron chi connectivity index (χ0n) is 12.8. The van der Waals surface area contributed by atoms with Gasteiger partial charge in [0.25, 0.3) is 0 Å². The van der Waals surface area contributed by atoms with Crippen molar-refractivity contribution in [2.24, 2.45) is 11.7 Å². The molecule has 0 bridgehead atoms. The number of benzene rings is 1. The van der Waals surface area contributed by atoms with E-state index in [1.807, 2.05) is 0 Å². The lowest BCUT2D eigenvalue weighted by Crippen LogP contribution is -2.21. The maximum Gasteiger partial charge on any atom is 0.119 e. The highest BCUT2D eigenvalue weighted by molar-refractivity contribution is 5.31. The normalized spacial score (nSPS) is 18.5. The van der Waals surface area contributed by atoms with Gasteiger partial charge in [0.05, 0.1) is 6.61 Å². The fourth-order valence-electron chi connectivity index (χ4n) is 3.37. The summed E-state index contributed by atoms with van der Waals surface area (Å²) in [5, 5.41) is 0. The van der Waals surface area contributed by atoms with Gasteiger partial charge in [-0.15, -0.1) is 0 Å². The van der Waals surface area contributed by atoms with E-state index < -0.39 is 0 Å². The van der Waals surface area contributed by atoms with Crippen LogP contribution in [-0.4, -0.2) is 13.2 Å². The Morgan fingerprint density at radius 3 is 2.60 bits per heavy atom. The van der Waals surface area contributed by atoms with Crippen LogP contribution in [0.2, 0.25) is 0 Å². The van der Waals surface area contributed by atoms with Crippen molar-refractivity contribution in [3.63, 3.8) is 0 Å².